The third-order valence-electron chi connectivity index (χ3n) is 4.25. The Bertz CT molecular complexity index is 691. The summed E-state index contributed by atoms with van der Waals surface area (Å²) in [7, 11) is 0. The second kappa shape index (κ2) is 7.27. The summed E-state index contributed by atoms with van der Waals surface area (Å²) in [4.78, 5) is 24.8. The van der Waals surface area contributed by atoms with Crippen molar-refractivity contribution in [2.24, 2.45) is 0 Å². The molecule has 0 bridgehead atoms. The molecular formula is C17H19N3O4. The molecule has 0 radical (unpaired) electrons. The van der Waals surface area contributed by atoms with Gasteiger partial charge >= 0.3 is 0 Å². The summed E-state index contributed by atoms with van der Waals surface area (Å²) in [6.45, 7) is 2.40. The molecule has 2 heterocycles. The Morgan fingerprint density at radius 2 is 1.96 bits per heavy atom. The summed E-state index contributed by atoms with van der Waals surface area (Å²) in [6, 6.07) is 9.36. The van der Waals surface area contributed by atoms with Crippen LogP contribution in [0.15, 0.2) is 47.1 Å². The van der Waals surface area contributed by atoms with Crippen LogP contribution in [0.4, 0.5) is 5.69 Å². The van der Waals surface area contributed by atoms with Gasteiger partial charge < -0.3 is 9.73 Å². The number of hydrogen-bond acceptors (Lipinski definition) is 5. The molecule has 0 saturated carbocycles. The number of amides is 1. The Morgan fingerprint density at radius 1 is 1.25 bits per heavy atom. The van der Waals surface area contributed by atoms with Gasteiger partial charge in [-0.3, -0.25) is 19.8 Å². The van der Waals surface area contributed by atoms with Crippen molar-refractivity contribution in [2.45, 2.75) is 18.9 Å². The molecule has 1 atom stereocenters. The van der Waals surface area contributed by atoms with Gasteiger partial charge in [0.1, 0.15) is 5.76 Å². The minimum atomic E-state index is -0.484. The van der Waals surface area contributed by atoms with Crippen LogP contribution in [0.5, 0.6) is 0 Å². The van der Waals surface area contributed by atoms with Gasteiger partial charge in [-0.2, -0.15) is 0 Å². The number of nitrogens with one attached hydrogen (secondary N) is 1. The molecular weight excluding hydrogens is 310 g/mol. The Labute approximate surface area is 139 Å². The van der Waals surface area contributed by atoms with Gasteiger partial charge in [0, 0.05) is 24.2 Å². The van der Waals surface area contributed by atoms with E-state index in [1.165, 1.54) is 24.3 Å². The second-order valence-corrected chi connectivity index (χ2v) is 5.79. The number of carbonyl (C=O) groups excluding carboxylic acids is 1. The van der Waals surface area contributed by atoms with Crippen LogP contribution in [0, 0.1) is 10.1 Å². The van der Waals surface area contributed by atoms with Gasteiger partial charge in [-0.15, -0.1) is 0 Å². The molecule has 1 amide bonds. The highest BCUT2D eigenvalue weighted by Crippen LogP contribution is 2.25. The van der Waals surface area contributed by atoms with E-state index in [0.29, 0.717) is 12.1 Å². The van der Waals surface area contributed by atoms with Crippen LogP contribution in [0.1, 0.15) is 35.0 Å². The number of non-ortho nitro benzene ring substituents is 1. The monoisotopic (exact) mass is 329 g/mol. The van der Waals surface area contributed by atoms with Gasteiger partial charge in [0.15, 0.2) is 0 Å². The fourth-order valence-electron chi connectivity index (χ4n) is 2.97. The maximum atomic E-state index is 12.3. The van der Waals surface area contributed by atoms with Gasteiger partial charge in [0.25, 0.3) is 11.6 Å². The molecule has 1 fully saturated rings. The zero-order valence-corrected chi connectivity index (χ0v) is 13.2. The molecule has 3 rings (SSSR count). The van der Waals surface area contributed by atoms with E-state index in [1.807, 2.05) is 12.1 Å². The van der Waals surface area contributed by atoms with Gasteiger partial charge in [-0.05, 0) is 50.2 Å². The molecule has 1 aromatic heterocycles. The van der Waals surface area contributed by atoms with Gasteiger partial charge in [0.2, 0.25) is 0 Å². The lowest BCUT2D eigenvalue weighted by Crippen LogP contribution is -2.36. The van der Waals surface area contributed by atoms with E-state index < -0.39 is 4.92 Å². The number of rotatable bonds is 6. The summed E-state index contributed by atoms with van der Waals surface area (Å²) in [6.07, 6.45) is 3.93. The third kappa shape index (κ3) is 3.62. The average molecular weight is 329 g/mol. The summed E-state index contributed by atoms with van der Waals surface area (Å²) in [5, 5.41) is 13.6. The van der Waals surface area contributed by atoms with Crippen LogP contribution in [-0.2, 0) is 0 Å². The first-order valence-electron chi connectivity index (χ1n) is 7.95. The summed E-state index contributed by atoms with van der Waals surface area (Å²) in [5.74, 6) is 0.585. The normalized spacial score (nSPS) is 16.0. The standard InChI is InChI=1S/C17H19N3O4/c21-17(13-5-7-14(8-6-13)20(22)23)18-12-15(16-4-3-11-24-16)19-9-1-2-10-19/h3-8,11,15H,1-2,9-10,12H2,(H,18,21). The maximum absolute atomic E-state index is 12.3. The number of carbonyl (C=O) groups is 1. The Hall–Kier alpha value is -2.67. The van der Waals surface area contributed by atoms with Crippen molar-refractivity contribution in [2.75, 3.05) is 19.6 Å². The van der Waals surface area contributed by atoms with Gasteiger partial charge in [-0.1, -0.05) is 0 Å². The zero-order valence-electron chi connectivity index (χ0n) is 13.2. The van der Waals surface area contributed by atoms with Crippen LogP contribution >= 0.6 is 0 Å². The zero-order chi connectivity index (χ0) is 16.9. The summed E-state index contributed by atoms with van der Waals surface area (Å²) < 4.78 is 5.52. The van der Waals surface area contributed by atoms with E-state index in [0.717, 1.165) is 31.7 Å². The van der Waals surface area contributed by atoms with Crippen LogP contribution in [0.25, 0.3) is 0 Å². The highest BCUT2D eigenvalue weighted by Gasteiger charge is 2.26. The molecule has 7 heteroatoms. The fourth-order valence-corrected chi connectivity index (χ4v) is 2.97. The van der Waals surface area contributed by atoms with Crippen molar-refractivity contribution < 1.29 is 14.1 Å². The molecule has 1 aliphatic rings. The molecule has 1 saturated heterocycles. The fraction of sp³-hybridized carbons (Fsp3) is 0.353. The lowest BCUT2D eigenvalue weighted by atomic mass is 10.1. The van der Waals surface area contributed by atoms with E-state index >= 15 is 0 Å². The molecule has 126 valence electrons. The van der Waals surface area contributed by atoms with Crippen LogP contribution in [-0.4, -0.2) is 35.4 Å². The molecule has 1 aromatic carbocycles. The first-order chi connectivity index (χ1) is 11.6. The number of hydrogen-bond donors (Lipinski definition) is 1. The lowest BCUT2D eigenvalue weighted by Gasteiger charge is -2.26. The molecule has 0 aliphatic carbocycles. The highest BCUT2D eigenvalue weighted by atomic mass is 16.6. The van der Waals surface area contributed by atoms with Gasteiger partial charge in [-0.25, -0.2) is 0 Å². The van der Waals surface area contributed by atoms with Crippen molar-refractivity contribution in [1.29, 1.82) is 0 Å². The first kappa shape index (κ1) is 16.2. The van der Waals surface area contributed by atoms with Crippen molar-refractivity contribution in [3.63, 3.8) is 0 Å². The summed E-state index contributed by atoms with van der Waals surface area (Å²) in [5.41, 5.74) is 0.372. The van der Waals surface area contributed by atoms with Crippen LogP contribution in [0.3, 0.4) is 0 Å². The predicted molar refractivity (Wildman–Crippen MR) is 87.7 cm³/mol. The van der Waals surface area contributed by atoms with Crippen molar-refractivity contribution >= 4 is 11.6 Å². The van der Waals surface area contributed by atoms with Crippen LogP contribution in [0.2, 0.25) is 0 Å². The van der Waals surface area contributed by atoms with E-state index in [2.05, 4.69) is 10.2 Å². The predicted octanol–water partition coefficient (Wildman–Crippen LogP) is 2.75. The highest BCUT2D eigenvalue weighted by molar-refractivity contribution is 5.94. The Kier molecular flexibility index (Phi) is 4.90. The van der Waals surface area contributed by atoms with Crippen molar-refractivity contribution in [3.05, 3.63) is 64.1 Å². The number of nitro groups is 1. The van der Waals surface area contributed by atoms with Crippen molar-refractivity contribution in [3.8, 4) is 0 Å². The maximum Gasteiger partial charge on any atom is 0.269 e. The van der Waals surface area contributed by atoms with Crippen LogP contribution < -0.4 is 5.32 Å². The molecule has 7 nitrogen and oxygen atoms in total. The molecule has 1 aliphatic heterocycles. The number of likely N-dealkylation sites (tertiary alicyclic amines) is 1. The smallest absolute Gasteiger partial charge is 0.269 e. The van der Waals surface area contributed by atoms with E-state index in [9.17, 15) is 14.9 Å². The average Bonchev–Trinajstić information content (AvgIpc) is 3.29. The molecule has 2 aromatic rings. The number of furan rings is 1. The topological polar surface area (TPSA) is 88.6 Å². The first-order valence-corrected chi connectivity index (χ1v) is 7.95. The number of benzene rings is 1. The van der Waals surface area contributed by atoms with E-state index in [-0.39, 0.29) is 17.6 Å². The largest absolute Gasteiger partial charge is 0.468 e. The van der Waals surface area contributed by atoms with E-state index in [4.69, 9.17) is 4.42 Å². The Morgan fingerprint density at radius 3 is 2.54 bits per heavy atom. The molecule has 1 unspecified atom stereocenters. The quantitative estimate of drug-likeness (QED) is 0.650. The van der Waals surface area contributed by atoms with Gasteiger partial charge in [0.05, 0.1) is 17.2 Å². The summed E-state index contributed by atoms with van der Waals surface area (Å²) >= 11 is 0. The lowest BCUT2D eigenvalue weighted by molar-refractivity contribution is -0.384. The number of nitrogens with zero attached hydrogens (tertiary/aromatic N) is 2. The number of nitro benzene ring substituents is 1. The van der Waals surface area contributed by atoms with Crippen molar-refractivity contribution in [1.82, 2.24) is 10.2 Å². The van der Waals surface area contributed by atoms with E-state index in [1.54, 1.807) is 6.26 Å². The minimum Gasteiger partial charge on any atom is -0.468 e. The minimum absolute atomic E-state index is 0.00417. The third-order valence-corrected chi connectivity index (χ3v) is 4.25. The Balaban J connectivity index is 1.65. The molecule has 0 spiro atoms. The second-order valence-electron chi connectivity index (χ2n) is 5.79. The SMILES string of the molecule is O=C(NCC(c1ccco1)N1CCCC1)c1ccc([N+](=O)[O-])cc1. The molecule has 1 N–H and O–H groups in total. The molecule has 24 heavy (non-hydrogen) atoms.